The highest BCUT2D eigenvalue weighted by molar-refractivity contribution is 6.50. The molecular weight excluding hydrogens is 434 g/mol. The average Bonchev–Trinajstić information content (AvgIpc) is 3.04. The second-order valence-corrected chi connectivity index (χ2v) is 12.8. The van der Waals surface area contributed by atoms with Crippen molar-refractivity contribution < 1.29 is 9.53 Å². The molecule has 0 saturated heterocycles. The predicted molar refractivity (Wildman–Crippen MR) is 141 cm³/mol. The van der Waals surface area contributed by atoms with Crippen molar-refractivity contribution in [3.63, 3.8) is 0 Å². The summed E-state index contributed by atoms with van der Waals surface area (Å²) in [4.78, 5) is 13.7. The summed E-state index contributed by atoms with van der Waals surface area (Å²) in [7, 11) is 1.61. The number of ketones is 1. The third-order valence-electron chi connectivity index (χ3n) is 11.1. The van der Waals surface area contributed by atoms with Crippen molar-refractivity contribution in [2.24, 2.45) is 63.8 Å². The van der Waals surface area contributed by atoms with Crippen molar-refractivity contribution in [3.05, 3.63) is 24.0 Å². The minimum Gasteiger partial charge on any atom is -0.497 e. The van der Waals surface area contributed by atoms with Crippen molar-refractivity contribution in [1.82, 2.24) is 5.43 Å². The number of methoxy groups -OCH3 is 1. The lowest BCUT2D eigenvalue weighted by molar-refractivity contribution is -0.131. The van der Waals surface area contributed by atoms with Gasteiger partial charge in [0.25, 0.3) is 0 Å². The Morgan fingerprint density at radius 3 is 2.63 bits per heavy atom. The molecule has 0 bridgehead atoms. The maximum atomic E-state index is 13.7. The smallest absolute Gasteiger partial charge is 0.157 e. The average molecular weight is 480 g/mol. The molecule has 0 amide bonds. The van der Waals surface area contributed by atoms with Crippen LogP contribution in [-0.4, -0.2) is 30.9 Å². The number of carbonyl (C=O) groups is 1. The van der Waals surface area contributed by atoms with Crippen LogP contribution in [0.2, 0.25) is 0 Å². The second-order valence-electron chi connectivity index (χ2n) is 12.8. The third-order valence-corrected chi connectivity index (χ3v) is 11.1. The van der Waals surface area contributed by atoms with Crippen LogP contribution < -0.4 is 5.43 Å². The Morgan fingerprint density at radius 2 is 1.86 bits per heavy atom. The number of rotatable bonds is 5. The lowest BCUT2D eigenvalue weighted by atomic mass is 9.48. The molecule has 4 saturated carbocycles. The number of hydrogen-bond acceptors (Lipinski definition) is 5. The SMILES string of the molecule is COC1=C/C(=N/NCC(=O)[C@H]2[C@H](C)[C@@H](C)[C@H]3[C@@H]4CC[C@@H]5C[C@@H](C)CCC5C4CC[C@@]32C)C(=N)C=C1. The zero-order valence-electron chi connectivity index (χ0n) is 22.3. The molecule has 2 N–H and O–H groups in total. The number of nitrogens with one attached hydrogen (secondary N) is 2. The van der Waals surface area contributed by atoms with Crippen molar-refractivity contribution in [2.45, 2.75) is 72.6 Å². The first kappa shape index (κ1) is 24.8. The molecule has 4 fully saturated rings. The van der Waals surface area contributed by atoms with E-state index in [0.717, 1.165) is 29.6 Å². The Kier molecular flexibility index (Phi) is 6.74. The standard InChI is InChI=1S/C30H45N3O2/c1-17-6-9-22-20(14-17)7-10-24-23(22)12-13-30(4)28(24)18(2)19(3)29(30)27(34)16-32-33-26-15-21(35-5)8-11-25(26)31/h8,11,15,17-20,22-24,28-29,31-32H,6-7,9-10,12-14,16H2,1-5H3/b31-25?,33-26-/t17-,18+,19+,20+,22?,23?,24+,28-,29+,30-/m0/s1. The lowest BCUT2D eigenvalue weighted by Gasteiger charge is -2.56. The van der Waals surface area contributed by atoms with Gasteiger partial charge in [-0.25, -0.2) is 0 Å². The zero-order chi connectivity index (χ0) is 24.9. The fraction of sp³-hybridized carbons (Fsp3) is 0.767. The van der Waals surface area contributed by atoms with Gasteiger partial charge in [0, 0.05) is 12.0 Å². The van der Waals surface area contributed by atoms with Crippen LogP contribution in [0.3, 0.4) is 0 Å². The van der Waals surface area contributed by atoms with Crippen LogP contribution in [0, 0.1) is 64.1 Å². The molecule has 2 unspecified atom stereocenters. The van der Waals surface area contributed by atoms with Crippen LogP contribution in [-0.2, 0) is 9.53 Å². The fourth-order valence-electron chi connectivity index (χ4n) is 9.65. The summed E-state index contributed by atoms with van der Waals surface area (Å²) >= 11 is 0. The molecule has 192 valence electrons. The molecule has 0 aromatic rings. The highest BCUT2D eigenvalue weighted by Crippen LogP contribution is 2.67. The summed E-state index contributed by atoms with van der Waals surface area (Å²) in [6, 6.07) is 0. The van der Waals surface area contributed by atoms with Crippen LogP contribution in [0.4, 0.5) is 0 Å². The van der Waals surface area contributed by atoms with Gasteiger partial charge in [-0.1, -0.05) is 34.1 Å². The molecule has 5 rings (SSSR count). The van der Waals surface area contributed by atoms with Gasteiger partial charge < -0.3 is 10.2 Å². The monoisotopic (exact) mass is 479 g/mol. The molecule has 0 spiro atoms. The van der Waals surface area contributed by atoms with E-state index in [4.69, 9.17) is 10.1 Å². The van der Waals surface area contributed by atoms with Gasteiger partial charge in [-0.05, 0) is 103 Å². The predicted octanol–water partition coefficient (Wildman–Crippen LogP) is 6.02. The van der Waals surface area contributed by atoms with E-state index in [1.807, 2.05) is 0 Å². The van der Waals surface area contributed by atoms with Crippen LogP contribution in [0.1, 0.15) is 72.6 Å². The zero-order valence-corrected chi connectivity index (χ0v) is 22.3. The molecule has 0 aromatic carbocycles. The molecule has 5 nitrogen and oxygen atoms in total. The van der Waals surface area contributed by atoms with E-state index < -0.39 is 0 Å². The fourth-order valence-corrected chi connectivity index (χ4v) is 9.65. The summed E-state index contributed by atoms with van der Waals surface area (Å²) in [5.74, 6) is 7.23. The number of ether oxygens (including phenoxy) is 1. The largest absolute Gasteiger partial charge is 0.497 e. The van der Waals surface area contributed by atoms with E-state index in [2.05, 4.69) is 38.2 Å². The number of fused-ring (bicyclic) bond motifs is 5. The van der Waals surface area contributed by atoms with Gasteiger partial charge in [-0.2, -0.15) is 5.10 Å². The minimum absolute atomic E-state index is 0.0935. The van der Waals surface area contributed by atoms with Gasteiger partial charge in [-0.3, -0.25) is 10.2 Å². The van der Waals surface area contributed by atoms with Crippen LogP contribution in [0.5, 0.6) is 0 Å². The Labute approximate surface area is 211 Å². The normalized spacial score (nSPS) is 45.9. The Hall–Kier alpha value is -1.91. The molecule has 0 aromatic heterocycles. The maximum absolute atomic E-state index is 13.7. The first-order valence-corrected chi connectivity index (χ1v) is 14.1. The van der Waals surface area contributed by atoms with E-state index in [9.17, 15) is 4.79 Å². The molecule has 10 atom stereocenters. The van der Waals surface area contributed by atoms with Crippen molar-refractivity contribution >= 4 is 17.2 Å². The summed E-state index contributed by atoms with van der Waals surface area (Å²) < 4.78 is 5.26. The van der Waals surface area contributed by atoms with Crippen LogP contribution in [0.15, 0.2) is 29.1 Å². The van der Waals surface area contributed by atoms with Crippen molar-refractivity contribution in [3.8, 4) is 0 Å². The van der Waals surface area contributed by atoms with Crippen molar-refractivity contribution in [1.29, 1.82) is 5.41 Å². The Bertz CT molecular complexity index is 951. The third kappa shape index (κ3) is 4.21. The first-order chi connectivity index (χ1) is 16.7. The van der Waals surface area contributed by atoms with E-state index >= 15 is 0 Å². The molecule has 0 radical (unpaired) electrons. The van der Waals surface area contributed by atoms with Gasteiger partial charge in [0.05, 0.1) is 19.4 Å². The summed E-state index contributed by atoms with van der Waals surface area (Å²) in [6.45, 7) is 9.92. The maximum Gasteiger partial charge on any atom is 0.157 e. The van der Waals surface area contributed by atoms with Gasteiger partial charge in [0.2, 0.25) is 0 Å². The molecule has 0 aliphatic heterocycles. The number of nitrogens with zero attached hydrogens (tertiary/aromatic N) is 1. The highest BCUT2D eigenvalue weighted by Gasteiger charge is 2.63. The minimum atomic E-state index is 0.0935. The highest BCUT2D eigenvalue weighted by atomic mass is 16.5. The summed E-state index contributed by atoms with van der Waals surface area (Å²) in [6.07, 6.45) is 14.8. The first-order valence-electron chi connectivity index (χ1n) is 14.1. The van der Waals surface area contributed by atoms with Gasteiger partial charge in [0.1, 0.15) is 11.5 Å². The van der Waals surface area contributed by atoms with Crippen molar-refractivity contribution in [2.75, 3.05) is 13.7 Å². The number of carbonyl (C=O) groups excluding carboxylic acids is 1. The molecular formula is C30H45N3O2. The molecule has 35 heavy (non-hydrogen) atoms. The lowest BCUT2D eigenvalue weighted by Crippen LogP contribution is -2.50. The summed E-state index contributed by atoms with van der Waals surface area (Å²) in [5, 5.41) is 12.5. The van der Waals surface area contributed by atoms with E-state index in [1.54, 1.807) is 25.3 Å². The van der Waals surface area contributed by atoms with Gasteiger partial charge in [-0.15, -0.1) is 0 Å². The number of hydrogen-bond donors (Lipinski definition) is 2. The molecule has 5 heteroatoms. The van der Waals surface area contributed by atoms with Crippen LogP contribution >= 0.6 is 0 Å². The second kappa shape index (κ2) is 9.52. The molecule has 5 aliphatic carbocycles. The number of allylic oxidation sites excluding steroid dienone is 3. The number of Topliss-reactive ketones (excluding diaryl/α,β-unsaturated/α-hetero) is 1. The molecule has 5 aliphatic rings. The Balaban J connectivity index is 1.30. The topological polar surface area (TPSA) is 74.5 Å². The van der Waals surface area contributed by atoms with E-state index in [0.29, 0.717) is 40.7 Å². The van der Waals surface area contributed by atoms with E-state index in [-0.39, 0.29) is 17.9 Å². The van der Waals surface area contributed by atoms with Gasteiger partial charge in [0.15, 0.2) is 5.78 Å². The quantitative estimate of drug-likeness (QED) is 0.374. The Morgan fingerprint density at radius 1 is 1.09 bits per heavy atom. The molecule has 0 heterocycles. The van der Waals surface area contributed by atoms with E-state index in [1.165, 1.54) is 44.9 Å². The summed E-state index contributed by atoms with van der Waals surface area (Å²) in [5.41, 5.74) is 3.95. The number of hydrazone groups is 1. The van der Waals surface area contributed by atoms with Gasteiger partial charge >= 0.3 is 0 Å². The van der Waals surface area contributed by atoms with Crippen LogP contribution in [0.25, 0.3) is 0 Å².